The number of carbonyl (C=O) groups excluding carboxylic acids is 1. The Morgan fingerprint density at radius 1 is 1.41 bits per heavy atom. The van der Waals surface area contributed by atoms with Gasteiger partial charge in [0.2, 0.25) is 0 Å². The van der Waals surface area contributed by atoms with Crippen LogP contribution in [0.5, 0.6) is 0 Å². The van der Waals surface area contributed by atoms with Gasteiger partial charge in [0.15, 0.2) is 15.8 Å². The molecule has 5 heteroatoms. The molecule has 2 rings (SSSR count). The van der Waals surface area contributed by atoms with Crippen LogP contribution in [0.4, 0.5) is 0 Å². The minimum absolute atomic E-state index is 0.289. The molecular weight excluding hydrogens is 274 g/mol. The Kier molecular flexibility index (Phi) is 3.86. The quantitative estimate of drug-likeness (QED) is 0.783. The molecule has 0 unspecified atom stereocenters. The first-order valence-corrected chi connectivity index (χ1v) is 6.98. The van der Waals surface area contributed by atoms with Crippen molar-refractivity contribution >= 4 is 41.0 Å². The van der Waals surface area contributed by atoms with Crippen molar-refractivity contribution in [2.75, 3.05) is 0 Å². The molecule has 17 heavy (non-hydrogen) atoms. The fraction of sp³-hybridized carbons (Fsp3) is 0.167. The average molecular weight is 284 g/mol. The van der Waals surface area contributed by atoms with Crippen LogP contribution in [0, 0.1) is 13.8 Å². The Bertz CT molecular complexity index is 566. The van der Waals surface area contributed by atoms with Crippen LogP contribution in [0.15, 0.2) is 27.4 Å². The highest BCUT2D eigenvalue weighted by atomic mass is 35.5. The van der Waals surface area contributed by atoms with Gasteiger partial charge in [0.1, 0.15) is 4.88 Å². The van der Waals surface area contributed by atoms with Crippen molar-refractivity contribution in [1.29, 1.82) is 0 Å². The lowest BCUT2D eigenvalue weighted by Crippen LogP contribution is -1.81. The molecule has 0 aliphatic rings. The van der Waals surface area contributed by atoms with Crippen LogP contribution in [-0.2, 0) is 0 Å². The van der Waals surface area contributed by atoms with Gasteiger partial charge in [0, 0.05) is 4.90 Å². The lowest BCUT2D eigenvalue weighted by atomic mass is 10.2. The van der Waals surface area contributed by atoms with Crippen LogP contribution < -0.4 is 0 Å². The van der Waals surface area contributed by atoms with Crippen LogP contribution >= 0.6 is 34.7 Å². The lowest BCUT2D eigenvalue weighted by molar-refractivity contribution is 0.112. The molecule has 0 atom stereocenters. The number of hydrogen-bond acceptors (Lipinski definition) is 4. The predicted molar refractivity (Wildman–Crippen MR) is 72.6 cm³/mol. The summed E-state index contributed by atoms with van der Waals surface area (Å²) in [5.41, 5.74) is 2.44. The highest BCUT2D eigenvalue weighted by molar-refractivity contribution is 8.01. The monoisotopic (exact) mass is 283 g/mol. The van der Waals surface area contributed by atoms with Gasteiger partial charge in [-0.05, 0) is 25.5 Å². The lowest BCUT2D eigenvalue weighted by Gasteiger charge is -2.03. The fourth-order valence-corrected chi connectivity index (χ4v) is 3.65. The molecule has 1 aromatic heterocycles. The summed E-state index contributed by atoms with van der Waals surface area (Å²) in [5.74, 6) is 0. The van der Waals surface area contributed by atoms with E-state index in [1.165, 1.54) is 34.2 Å². The van der Waals surface area contributed by atoms with Gasteiger partial charge in [-0.25, -0.2) is 4.98 Å². The Hall–Kier alpha value is -0.840. The van der Waals surface area contributed by atoms with Crippen LogP contribution in [0.3, 0.4) is 0 Å². The van der Waals surface area contributed by atoms with Crippen molar-refractivity contribution in [3.05, 3.63) is 39.4 Å². The second kappa shape index (κ2) is 5.21. The first-order valence-electron chi connectivity index (χ1n) is 4.97. The van der Waals surface area contributed by atoms with Gasteiger partial charge >= 0.3 is 0 Å². The molecular formula is C12H10ClNOS2. The number of carbonyl (C=O) groups is 1. The smallest absolute Gasteiger partial charge is 0.163 e. The molecule has 0 aliphatic heterocycles. The molecule has 1 heterocycles. The van der Waals surface area contributed by atoms with E-state index in [1.807, 2.05) is 0 Å². The maximum atomic E-state index is 10.7. The van der Waals surface area contributed by atoms with Gasteiger partial charge in [0.05, 0.1) is 0 Å². The van der Waals surface area contributed by atoms with Crippen molar-refractivity contribution in [3.63, 3.8) is 0 Å². The maximum absolute atomic E-state index is 10.7. The van der Waals surface area contributed by atoms with Crippen LogP contribution in [0.2, 0.25) is 5.15 Å². The third-order valence-electron chi connectivity index (χ3n) is 2.22. The summed E-state index contributed by atoms with van der Waals surface area (Å²) in [4.78, 5) is 16.5. The highest BCUT2D eigenvalue weighted by Gasteiger charge is 2.10. The molecule has 2 aromatic rings. The molecule has 0 radical (unpaired) electrons. The zero-order valence-electron chi connectivity index (χ0n) is 9.36. The summed E-state index contributed by atoms with van der Waals surface area (Å²) in [6.45, 7) is 4.12. The van der Waals surface area contributed by atoms with Crippen molar-refractivity contribution < 1.29 is 4.79 Å². The van der Waals surface area contributed by atoms with E-state index in [4.69, 9.17) is 11.6 Å². The molecule has 0 fully saturated rings. The summed E-state index contributed by atoms with van der Waals surface area (Å²) < 4.78 is 0.795. The van der Waals surface area contributed by atoms with E-state index in [1.54, 1.807) is 0 Å². The van der Waals surface area contributed by atoms with Gasteiger partial charge in [-0.1, -0.05) is 41.1 Å². The van der Waals surface area contributed by atoms with Crippen LogP contribution in [-0.4, -0.2) is 11.3 Å². The molecule has 0 amide bonds. The van der Waals surface area contributed by atoms with E-state index in [-0.39, 0.29) is 5.15 Å². The predicted octanol–water partition coefficient (Wildman–Crippen LogP) is 4.38. The number of nitrogens with zero attached hydrogens (tertiary/aromatic N) is 1. The third kappa shape index (κ3) is 2.89. The number of hydrogen-bond donors (Lipinski definition) is 0. The van der Waals surface area contributed by atoms with Gasteiger partial charge < -0.3 is 0 Å². The molecule has 0 saturated heterocycles. The second-order valence-electron chi connectivity index (χ2n) is 3.62. The van der Waals surface area contributed by atoms with Crippen molar-refractivity contribution in [3.8, 4) is 0 Å². The number of benzene rings is 1. The standard InChI is InChI=1S/C12H10ClNOS2/c1-7-3-4-9(8(2)5-7)16-12-14-11(13)10(6-15)17-12/h3-6H,1-2H3. The van der Waals surface area contributed by atoms with Gasteiger partial charge in [-0.15, -0.1) is 11.3 Å². The first kappa shape index (κ1) is 12.6. The van der Waals surface area contributed by atoms with E-state index in [2.05, 4.69) is 37.0 Å². The van der Waals surface area contributed by atoms with Crippen molar-refractivity contribution in [1.82, 2.24) is 4.98 Å². The molecule has 2 nitrogen and oxygen atoms in total. The zero-order chi connectivity index (χ0) is 12.4. The highest BCUT2D eigenvalue weighted by Crippen LogP contribution is 2.35. The van der Waals surface area contributed by atoms with Gasteiger partial charge in [-0.2, -0.15) is 0 Å². The SMILES string of the molecule is Cc1ccc(Sc2nc(Cl)c(C=O)s2)c(C)c1. The summed E-state index contributed by atoms with van der Waals surface area (Å²) in [6.07, 6.45) is 0.742. The Morgan fingerprint density at radius 2 is 2.18 bits per heavy atom. The van der Waals surface area contributed by atoms with E-state index in [0.717, 1.165) is 15.5 Å². The van der Waals surface area contributed by atoms with E-state index in [9.17, 15) is 4.79 Å². The number of thiazole rings is 1. The van der Waals surface area contributed by atoms with Crippen LogP contribution in [0.1, 0.15) is 20.8 Å². The topological polar surface area (TPSA) is 30.0 Å². The first-order chi connectivity index (χ1) is 8.10. The van der Waals surface area contributed by atoms with Crippen molar-refractivity contribution in [2.24, 2.45) is 0 Å². The Labute approximate surface area is 113 Å². The molecule has 1 aromatic carbocycles. The second-order valence-corrected chi connectivity index (χ2v) is 6.30. The Balaban J connectivity index is 2.28. The summed E-state index contributed by atoms with van der Waals surface area (Å²) in [6, 6.07) is 6.24. The normalized spacial score (nSPS) is 10.5. The summed E-state index contributed by atoms with van der Waals surface area (Å²) in [7, 11) is 0. The maximum Gasteiger partial charge on any atom is 0.163 e. The largest absolute Gasteiger partial charge is 0.297 e. The Morgan fingerprint density at radius 3 is 2.76 bits per heavy atom. The van der Waals surface area contributed by atoms with E-state index in [0.29, 0.717) is 4.88 Å². The fourth-order valence-electron chi connectivity index (χ4n) is 1.42. The summed E-state index contributed by atoms with van der Waals surface area (Å²) in [5, 5.41) is 0.289. The number of aldehydes is 1. The molecule has 0 bridgehead atoms. The van der Waals surface area contributed by atoms with E-state index >= 15 is 0 Å². The molecule has 0 aliphatic carbocycles. The summed E-state index contributed by atoms with van der Waals surface area (Å²) >= 11 is 8.69. The van der Waals surface area contributed by atoms with Gasteiger partial charge in [-0.3, -0.25) is 4.79 Å². The van der Waals surface area contributed by atoms with Crippen molar-refractivity contribution in [2.45, 2.75) is 23.1 Å². The number of aryl methyl sites for hydroxylation is 2. The van der Waals surface area contributed by atoms with E-state index < -0.39 is 0 Å². The number of aromatic nitrogens is 1. The number of rotatable bonds is 3. The minimum Gasteiger partial charge on any atom is -0.297 e. The average Bonchev–Trinajstić information content (AvgIpc) is 2.63. The zero-order valence-corrected chi connectivity index (χ0v) is 11.7. The molecule has 88 valence electrons. The molecule has 0 saturated carbocycles. The van der Waals surface area contributed by atoms with Gasteiger partial charge in [0.25, 0.3) is 0 Å². The molecule has 0 spiro atoms. The third-order valence-corrected chi connectivity index (χ3v) is 4.84. The number of halogens is 1. The molecule has 0 N–H and O–H groups in total. The minimum atomic E-state index is 0.289. The van der Waals surface area contributed by atoms with Crippen LogP contribution in [0.25, 0.3) is 0 Å².